The molecule has 0 aromatic rings. The summed E-state index contributed by atoms with van der Waals surface area (Å²) in [5, 5.41) is 4.21. The van der Waals surface area contributed by atoms with Crippen LogP contribution in [0.1, 0.15) is 59.3 Å². The minimum atomic E-state index is 0.180. The molecule has 2 atom stereocenters. The van der Waals surface area contributed by atoms with Crippen molar-refractivity contribution < 1.29 is 4.79 Å². The Kier molecular flexibility index (Phi) is 6.68. The number of hydrogen-bond acceptors (Lipinski definition) is 1. The van der Waals surface area contributed by atoms with Gasteiger partial charge in [0.1, 0.15) is 0 Å². The number of amides is 1. The molecule has 0 aromatic heterocycles. The van der Waals surface area contributed by atoms with Crippen LogP contribution in [0.15, 0.2) is 0 Å². The molecule has 1 saturated carbocycles. The second-order valence-corrected chi connectivity index (χ2v) is 7.08. The third kappa shape index (κ3) is 4.56. The molecule has 1 amide bonds. The van der Waals surface area contributed by atoms with Gasteiger partial charge in [0.05, 0.1) is 0 Å². The number of halogens is 1. The van der Waals surface area contributed by atoms with Gasteiger partial charge >= 0.3 is 0 Å². The van der Waals surface area contributed by atoms with E-state index in [-0.39, 0.29) is 17.2 Å². The number of carbonyl (C=O) groups excluding carboxylic acids is 1. The fourth-order valence-corrected chi connectivity index (χ4v) is 3.60. The van der Waals surface area contributed by atoms with E-state index in [9.17, 15) is 4.79 Å². The molecule has 1 rings (SSSR count). The van der Waals surface area contributed by atoms with E-state index >= 15 is 0 Å². The van der Waals surface area contributed by atoms with Crippen molar-refractivity contribution in [2.24, 2.45) is 17.3 Å². The molecule has 3 heteroatoms. The van der Waals surface area contributed by atoms with E-state index in [0.717, 1.165) is 31.1 Å². The quantitative estimate of drug-likeness (QED) is 0.733. The molecule has 1 aliphatic carbocycles. The molecule has 0 spiro atoms. The van der Waals surface area contributed by atoms with E-state index in [2.05, 4.69) is 42.0 Å². The van der Waals surface area contributed by atoms with Crippen LogP contribution in [0.25, 0.3) is 0 Å². The number of nitrogens with one attached hydrogen (secondary N) is 1. The summed E-state index contributed by atoms with van der Waals surface area (Å²) >= 11 is 3.48. The molecule has 0 saturated heterocycles. The van der Waals surface area contributed by atoms with Gasteiger partial charge < -0.3 is 5.32 Å². The summed E-state index contributed by atoms with van der Waals surface area (Å²) in [6.45, 7) is 7.52. The molecule has 0 aliphatic heterocycles. The summed E-state index contributed by atoms with van der Waals surface area (Å²) in [5.41, 5.74) is 0.180. The highest BCUT2D eigenvalue weighted by molar-refractivity contribution is 9.09. The third-order valence-corrected chi connectivity index (χ3v) is 4.94. The zero-order valence-corrected chi connectivity index (χ0v) is 13.7. The maximum atomic E-state index is 12.3. The standard InChI is InChI=1S/C15H28BrNO/c1-4-12(8-10-16)11-17-14(18)13-7-5-6-9-15(13,2)3/h12-13H,4-11H2,1-3H3,(H,17,18). The van der Waals surface area contributed by atoms with Crippen LogP contribution in [-0.4, -0.2) is 17.8 Å². The van der Waals surface area contributed by atoms with Crippen LogP contribution in [0, 0.1) is 17.3 Å². The predicted molar refractivity (Wildman–Crippen MR) is 80.9 cm³/mol. The third-order valence-electron chi connectivity index (χ3n) is 4.48. The monoisotopic (exact) mass is 317 g/mol. The largest absolute Gasteiger partial charge is 0.356 e. The van der Waals surface area contributed by atoms with Gasteiger partial charge in [-0.25, -0.2) is 0 Å². The number of rotatable bonds is 6. The van der Waals surface area contributed by atoms with Gasteiger partial charge in [0.2, 0.25) is 5.91 Å². The average molecular weight is 318 g/mol. The van der Waals surface area contributed by atoms with Gasteiger partial charge in [-0.1, -0.05) is 56.0 Å². The minimum Gasteiger partial charge on any atom is -0.356 e. The van der Waals surface area contributed by atoms with Crippen LogP contribution in [-0.2, 0) is 4.79 Å². The molecule has 0 aromatic carbocycles. The molecule has 0 heterocycles. The molecule has 1 fully saturated rings. The molecule has 106 valence electrons. The van der Waals surface area contributed by atoms with Crippen molar-refractivity contribution in [3.63, 3.8) is 0 Å². The SMILES string of the molecule is CCC(CCBr)CNC(=O)C1CCCCC1(C)C. The first-order chi connectivity index (χ1) is 8.51. The van der Waals surface area contributed by atoms with E-state index in [0.29, 0.717) is 5.92 Å². The Hall–Kier alpha value is -0.0500. The van der Waals surface area contributed by atoms with Crippen LogP contribution in [0.4, 0.5) is 0 Å². The van der Waals surface area contributed by atoms with Crippen molar-refractivity contribution in [3.05, 3.63) is 0 Å². The van der Waals surface area contributed by atoms with Crippen molar-refractivity contribution in [1.82, 2.24) is 5.32 Å². The maximum absolute atomic E-state index is 12.3. The lowest BCUT2D eigenvalue weighted by atomic mass is 9.68. The normalized spacial score (nSPS) is 24.6. The van der Waals surface area contributed by atoms with Gasteiger partial charge in [0.25, 0.3) is 0 Å². The van der Waals surface area contributed by atoms with Crippen molar-refractivity contribution in [3.8, 4) is 0 Å². The van der Waals surface area contributed by atoms with Gasteiger partial charge in [-0.05, 0) is 30.6 Å². The molecule has 2 unspecified atom stereocenters. The zero-order valence-electron chi connectivity index (χ0n) is 12.1. The molecule has 2 nitrogen and oxygen atoms in total. The van der Waals surface area contributed by atoms with E-state index in [1.165, 1.54) is 19.3 Å². The van der Waals surface area contributed by atoms with Gasteiger partial charge in [-0.2, -0.15) is 0 Å². The van der Waals surface area contributed by atoms with Crippen LogP contribution < -0.4 is 5.32 Å². The highest BCUT2D eigenvalue weighted by Gasteiger charge is 2.36. The van der Waals surface area contributed by atoms with Crippen molar-refractivity contribution in [1.29, 1.82) is 0 Å². The summed E-state index contributed by atoms with van der Waals surface area (Å²) in [6, 6.07) is 0. The Morgan fingerprint density at radius 2 is 2.17 bits per heavy atom. The van der Waals surface area contributed by atoms with E-state index in [4.69, 9.17) is 0 Å². The molecule has 0 radical (unpaired) electrons. The maximum Gasteiger partial charge on any atom is 0.223 e. The first-order valence-electron chi connectivity index (χ1n) is 7.35. The lowest BCUT2D eigenvalue weighted by Crippen LogP contribution is -2.42. The van der Waals surface area contributed by atoms with Crippen molar-refractivity contribution in [2.45, 2.75) is 59.3 Å². The molecular weight excluding hydrogens is 290 g/mol. The Morgan fingerprint density at radius 1 is 1.44 bits per heavy atom. The lowest BCUT2D eigenvalue weighted by molar-refractivity contribution is -0.130. The van der Waals surface area contributed by atoms with Crippen LogP contribution in [0.2, 0.25) is 0 Å². The Morgan fingerprint density at radius 3 is 2.72 bits per heavy atom. The Bertz CT molecular complexity index is 265. The van der Waals surface area contributed by atoms with Crippen LogP contribution in [0.5, 0.6) is 0 Å². The number of hydrogen-bond donors (Lipinski definition) is 1. The highest BCUT2D eigenvalue weighted by Crippen LogP contribution is 2.40. The van der Waals surface area contributed by atoms with Gasteiger partial charge in [0.15, 0.2) is 0 Å². The van der Waals surface area contributed by atoms with Crippen LogP contribution in [0.3, 0.4) is 0 Å². The van der Waals surface area contributed by atoms with Crippen LogP contribution >= 0.6 is 15.9 Å². The second-order valence-electron chi connectivity index (χ2n) is 6.28. The van der Waals surface area contributed by atoms with Gasteiger partial charge in [-0.3, -0.25) is 4.79 Å². The topological polar surface area (TPSA) is 29.1 Å². The van der Waals surface area contributed by atoms with E-state index in [1.54, 1.807) is 0 Å². The summed E-state index contributed by atoms with van der Waals surface area (Å²) in [4.78, 5) is 12.3. The molecule has 18 heavy (non-hydrogen) atoms. The zero-order chi connectivity index (χ0) is 13.6. The van der Waals surface area contributed by atoms with Gasteiger partial charge in [-0.15, -0.1) is 0 Å². The predicted octanol–water partition coefficient (Wildman–Crippen LogP) is 4.13. The Balaban J connectivity index is 2.44. The second kappa shape index (κ2) is 7.52. The Labute approximate surface area is 120 Å². The van der Waals surface area contributed by atoms with Gasteiger partial charge in [0, 0.05) is 17.8 Å². The molecular formula is C15H28BrNO. The molecule has 0 bridgehead atoms. The lowest BCUT2D eigenvalue weighted by Gasteiger charge is -2.37. The fraction of sp³-hybridized carbons (Fsp3) is 0.933. The summed E-state index contributed by atoms with van der Waals surface area (Å²) in [6.07, 6.45) is 7.01. The number of carbonyl (C=O) groups is 1. The first kappa shape index (κ1) is 16.0. The van der Waals surface area contributed by atoms with Crippen molar-refractivity contribution in [2.75, 3.05) is 11.9 Å². The number of alkyl halides is 1. The summed E-state index contributed by atoms with van der Waals surface area (Å²) in [5.74, 6) is 1.11. The average Bonchev–Trinajstić information content (AvgIpc) is 2.33. The van der Waals surface area contributed by atoms with E-state index < -0.39 is 0 Å². The smallest absolute Gasteiger partial charge is 0.223 e. The molecule has 1 N–H and O–H groups in total. The minimum absolute atomic E-state index is 0.180. The fourth-order valence-electron chi connectivity index (χ4n) is 2.95. The van der Waals surface area contributed by atoms with E-state index in [1.807, 2.05) is 0 Å². The highest BCUT2D eigenvalue weighted by atomic mass is 79.9. The first-order valence-corrected chi connectivity index (χ1v) is 8.47. The van der Waals surface area contributed by atoms with Crippen molar-refractivity contribution >= 4 is 21.8 Å². The summed E-state index contributed by atoms with van der Waals surface area (Å²) < 4.78 is 0. The summed E-state index contributed by atoms with van der Waals surface area (Å²) in [7, 11) is 0. The molecule has 1 aliphatic rings.